The van der Waals surface area contributed by atoms with Crippen LogP contribution in [0.5, 0.6) is 0 Å². The molecule has 2 aliphatic heterocycles. The highest BCUT2D eigenvalue weighted by Crippen LogP contribution is 2.36. The molecule has 0 saturated carbocycles. The number of sulfonamides is 1. The standard InChI is InChI=1S/C16H18F3N5O2S/c1-22-10-14(5-21-22)27(25,26)24-8-11-6-23(7-12(11)9-24)15-3-2-13(4-20-15)16(17,18)19/h2-5,10-12H,6-9H2,1H3. The second kappa shape index (κ2) is 6.20. The highest BCUT2D eigenvalue weighted by Gasteiger charge is 2.45. The minimum atomic E-state index is -4.41. The van der Waals surface area contributed by atoms with Gasteiger partial charge in [-0.25, -0.2) is 13.4 Å². The molecule has 2 atom stereocenters. The Morgan fingerprint density at radius 3 is 2.22 bits per heavy atom. The summed E-state index contributed by atoms with van der Waals surface area (Å²) in [7, 11) is -1.91. The zero-order chi connectivity index (χ0) is 19.4. The van der Waals surface area contributed by atoms with E-state index in [9.17, 15) is 21.6 Å². The van der Waals surface area contributed by atoms with Gasteiger partial charge in [0.05, 0.1) is 11.8 Å². The third-order valence-corrected chi connectivity index (χ3v) is 6.96. The molecule has 7 nitrogen and oxygen atoms in total. The summed E-state index contributed by atoms with van der Waals surface area (Å²) in [5.74, 6) is 0.736. The van der Waals surface area contributed by atoms with Crippen molar-refractivity contribution < 1.29 is 21.6 Å². The second-order valence-electron chi connectivity index (χ2n) is 7.00. The van der Waals surface area contributed by atoms with Crippen LogP contribution in [0.25, 0.3) is 0 Å². The van der Waals surface area contributed by atoms with Gasteiger partial charge in [-0.15, -0.1) is 0 Å². The van der Waals surface area contributed by atoms with Crippen molar-refractivity contribution >= 4 is 15.8 Å². The first-order chi connectivity index (χ1) is 12.6. The number of hydrogen-bond donors (Lipinski definition) is 0. The van der Waals surface area contributed by atoms with Gasteiger partial charge in [0.1, 0.15) is 10.7 Å². The van der Waals surface area contributed by atoms with Gasteiger partial charge in [0.25, 0.3) is 0 Å². The van der Waals surface area contributed by atoms with E-state index in [0.29, 0.717) is 32.0 Å². The number of nitrogens with zero attached hydrogens (tertiary/aromatic N) is 5. The summed E-state index contributed by atoms with van der Waals surface area (Å²) >= 11 is 0. The molecule has 11 heteroatoms. The lowest BCUT2D eigenvalue weighted by Crippen LogP contribution is -2.33. The zero-order valence-electron chi connectivity index (χ0n) is 14.5. The van der Waals surface area contributed by atoms with Crippen molar-refractivity contribution in [2.75, 3.05) is 31.1 Å². The Morgan fingerprint density at radius 2 is 1.74 bits per heavy atom. The molecule has 2 aromatic heterocycles. The Kier molecular flexibility index (Phi) is 4.18. The lowest BCUT2D eigenvalue weighted by atomic mass is 10.0. The van der Waals surface area contributed by atoms with E-state index in [1.165, 1.54) is 27.4 Å². The SMILES string of the molecule is Cn1cc(S(=O)(=O)N2CC3CN(c4ccc(C(F)(F)F)cn4)CC3C2)cn1. The molecule has 0 spiro atoms. The Bertz CT molecular complexity index is 928. The smallest absolute Gasteiger partial charge is 0.356 e. The van der Waals surface area contributed by atoms with E-state index in [-0.39, 0.29) is 16.7 Å². The second-order valence-corrected chi connectivity index (χ2v) is 8.94. The van der Waals surface area contributed by atoms with Crippen molar-refractivity contribution in [1.82, 2.24) is 19.1 Å². The maximum atomic E-state index is 12.7. The molecular formula is C16H18F3N5O2S. The van der Waals surface area contributed by atoms with Gasteiger partial charge in [-0.1, -0.05) is 0 Å². The summed E-state index contributed by atoms with van der Waals surface area (Å²) < 4.78 is 66.3. The van der Waals surface area contributed by atoms with Gasteiger partial charge in [0.15, 0.2) is 0 Å². The molecule has 0 amide bonds. The third-order valence-electron chi connectivity index (χ3n) is 5.17. The van der Waals surface area contributed by atoms with Gasteiger partial charge < -0.3 is 4.90 Å². The van der Waals surface area contributed by atoms with E-state index >= 15 is 0 Å². The summed E-state index contributed by atoms with van der Waals surface area (Å²) in [5.41, 5.74) is -0.778. The molecule has 2 saturated heterocycles. The van der Waals surface area contributed by atoms with E-state index in [2.05, 4.69) is 10.1 Å². The normalized spacial score (nSPS) is 23.8. The number of fused-ring (bicyclic) bond motifs is 1. The number of aromatic nitrogens is 3. The molecule has 2 aliphatic rings. The van der Waals surface area contributed by atoms with E-state index in [4.69, 9.17) is 0 Å². The van der Waals surface area contributed by atoms with Gasteiger partial charge in [-0.2, -0.15) is 22.6 Å². The number of alkyl halides is 3. The molecule has 0 aromatic carbocycles. The largest absolute Gasteiger partial charge is 0.417 e. The topological polar surface area (TPSA) is 71.3 Å². The van der Waals surface area contributed by atoms with Crippen LogP contribution < -0.4 is 4.90 Å². The molecule has 4 heterocycles. The molecule has 27 heavy (non-hydrogen) atoms. The van der Waals surface area contributed by atoms with Crippen LogP contribution in [-0.2, 0) is 23.2 Å². The molecule has 2 unspecified atom stereocenters. The molecule has 2 fully saturated rings. The first-order valence-corrected chi connectivity index (χ1v) is 9.85. The number of pyridine rings is 1. The predicted octanol–water partition coefficient (Wildman–Crippen LogP) is 1.59. The van der Waals surface area contributed by atoms with E-state index in [1.807, 2.05) is 4.90 Å². The average molecular weight is 401 g/mol. The quantitative estimate of drug-likeness (QED) is 0.781. The molecule has 0 radical (unpaired) electrons. The lowest BCUT2D eigenvalue weighted by molar-refractivity contribution is -0.137. The highest BCUT2D eigenvalue weighted by molar-refractivity contribution is 7.89. The minimum absolute atomic E-state index is 0.125. The number of rotatable bonds is 3. The van der Waals surface area contributed by atoms with Crippen LogP contribution >= 0.6 is 0 Å². The van der Waals surface area contributed by atoms with Crippen LogP contribution in [0, 0.1) is 11.8 Å². The van der Waals surface area contributed by atoms with Gasteiger partial charge in [0.2, 0.25) is 10.0 Å². The summed E-state index contributed by atoms with van der Waals surface area (Å²) in [5, 5.41) is 3.92. The molecule has 0 aliphatic carbocycles. The Morgan fingerprint density at radius 1 is 1.07 bits per heavy atom. The summed E-state index contributed by atoms with van der Waals surface area (Å²) in [6.07, 6.45) is -0.763. The Hall–Kier alpha value is -2.14. The highest BCUT2D eigenvalue weighted by atomic mass is 32.2. The van der Waals surface area contributed by atoms with Crippen molar-refractivity contribution in [3.63, 3.8) is 0 Å². The van der Waals surface area contributed by atoms with Gasteiger partial charge >= 0.3 is 6.18 Å². The Balaban J connectivity index is 1.44. The van der Waals surface area contributed by atoms with Crippen LogP contribution in [-0.4, -0.2) is 53.7 Å². The monoisotopic (exact) mass is 401 g/mol. The van der Waals surface area contributed by atoms with E-state index in [1.54, 1.807) is 7.05 Å². The van der Waals surface area contributed by atoms with Crippen LogP contribution in [0.3, 0.4) is 0 Å². The number of hydrogen-bond acceptors (Lipinski definition) is 5. The summed E-state index contributed by atoms with van der Waals surface area (Å²) in [6, 6.07) is 2.39. The number of anilines is 1. The fourth-order valence-electron chi connectivity index (χ4n) is 3.76. The maximum Gasteiger partial charge on any atom is 0.417 e. The van der Waals surface area contributed by atoms with Crippen molar-refractivity contribution in [2.24, 2.45) is 18.9 Å². The van der Waals surface area contributed by atoms with Gasteiger partial charge in [-0.3, -0.25) is 4.68 Å². The van der Waals surface area contributed by atoms with Crippen molar-refractivity contribution in [3.05, 3.63) is 36.3 Å². The number of aryl methyl sites for hydroxylation is 1. The summed E-state index contributed by atoms with van der Waals surface area (Å²) in [4.78, 5) is 6.03. The van der Waals surface area contributed by atoms with E-state index in [0.717, 1.165) is 12.3 Å². The van der Waals surface area contributed by atoms with E-state index < -0.39 is 21.8 Å². The molecule has 146 valence electrons. The first kappa shape index (κ1) is 18.2. The van der Waals surface area contributed by atoms with Crippen molar-refractivity contribution in [3.8, 4) is 0 Å². The summed E-state index contributed by atoms with van der Waals surface area (Å²) in [6.45, 7) is 1.92. The van der Waals surface area contributed by atoms with Crippen LogP contribution in [0.4, 0.5) is 19.0 Å². The van der Waals surface area contributed by atoms with Gasteiger partial charge in [0, 0.05) is 45.6 Å². The molecular weight excluding hydrogens is 383 g/mol. The third kappa shape index (κ3) is 3.29. The molecule has 2 aromatic rings. The van der Waals surface area contributed by atoms with Crippen LogP contribution in [0.15, 0.2) is 35.6 Å². The van der Waals surface area contributed by atoms with Crippen molar-refractivity contribution in [1.29, 1.82) is 0 Å². The maximum absolute atomic E-state index is 12.7. The number of halogens is 3. The zero-order valence-corrected chi connectivity index (χ0v) is 15.3. The van der Waals surface area contributed by atoms with Crippen LogP contribution in [0.1, 0.15) is 5.56 Å². The predicted molar refractivity (Wildman–Crippen MR) is 90.4 cm³/mol. The molecule has 0 bridgehead atoms. The first-order valence-electron chi connectivity index (χ1n) is 8.41. The fourth-order valence-corrected chi connectivity index (χ4v) is 5.29. The van der Waals surface area contributed by atoms with Crippen molar-refractivity contribution in [2.45, 2.75) is 11.1 Å². The molecule has 4 rings (SSSR count). The minimum Gasteiger partial charge on any atom is -0.356 e. The Labute approximate surface area is 154 Å². The average Bonchev–Trinajstić information content (AvgIpc) is 3.28. The fraction of sp³-hybridized carbons (Fsp3) is 0.500. The molecule has 0 N–H and O–H groups in total. The van der Waals surface area contributed by atoms with Gasteiger partial charge in [-0.05, 0) is 24.0 Å². The lowest BCUT2D eigenvalue weighted by Gasteiger charge is -2.22. The van der Waals surface area contributed by atoms with Crippen LogP contribution in [0.2, 0.25) is 0 Å².